The number of ether oxygens (including phenoxy) is 1. The van der Waals surface area contributed by atoms with Gasteiger partial charge in [0.15, 0.2) is 5.78 Å². The minimum Gasteiger partial charge on any atom is -0.461 e. The van der Waals surface area contributed by atoms with Crippen molar-refractivity contribution in [3.8, 4) is 6.07 Å². The number of allylic oxidation sites excluding steroid dienone is 2. The van der Waals surface area contributed by atoms with Crippen molar-refractivity contribution in [2.75, 3.05) is 6.61 Å². The number of fused-ring (bicyclic) bond motifs is 2. The van der Waals surface area contributed by atoms with Gasteiger partial charge in [-0.15, -0.1) is 0 Å². The third-order valence-corrected chi connectivity index (χ3v) is 5.05. The van der Waals surface area contributed by atoms with Crippen LogP contribution in [0.2, 0.25) is 0 Å². The summed E-state index contributed by atoms with van der Waals surface area (Å²) < 4.78 is 5.31. The van der Waals surface area contributed by atoms with Crippen molar-refractivity contribution in [3.63, 3.8) is 0 Å². The minimum absolute atomic E-state index is 0.0215. The fraction of sp³-hybridized carbons (Fsp3) is 0.174. The highest BCUT2D eigenvalue weighted by Gasteiger charge is 2.42. The summed E-state index contributed by atoms with van der Waals surface area (Å²) in [6.07, 6.45) is 0.125. The molecule has 1 atom stereocenters. The molecule has 2 aliphatic rings. The van der Waals surface area contributed by atoms with Crippen LogP contribution in [0.1, 0.15) is 40.7 Å². The third-order valence-electron chi connectivity index (χ3n) is 5.05. The Morgan fingerprint density at radius 3 is 2.50 bits per heavy atom. The van der Waals surface area contributed by atoms with Gasteiger partial charge in [0.1, 0.15) is 6.61 Å². The Balaban J connectivity index is 1.84. The number of nitriles is 1. The average Bonchev–Trinajstić information content (AvgIpc) is 3.00. The molecular weight excluding hydrogens is 352 g/mol. The molecular formula is C23H18N2O3. The third kappa shape index (κ3) is 2.80. The fourth-order valence-electron chi connectivity index (χ4n) is 3.85. The predicted molar refractivity (Wildman–Crippen MR) is 104 cm³/mol. The van der Waals surface area contributed by atoms with E-state index >= 15 is 0 Å². The summed E-state index contributed by atoms with van der Waals surface area (Å²) in [5.74, 6) is -1.11. The largest absolute Gasteiger partial charge is 0.461 e. The van der Waals surface area contributed by atoms with Crippen molar-refractivity contribution in [2.45, 2.75) is 19.3 Å². The molecule has 1 N–H and O–H groups in total. The highest BCUT2D eigenvalue weighted by molar-refractivity contribution is 6.23. The van der Waals surface area contributed by atoms with Crippen LogP contribution in [0.15, 0.2) is 71.4 Å². The molecule has 5 heteroatoms. The molecule has 0 bridgehead atoms. The number of hydrogen-bond donors (Lipinski definition) is 1. The van der Waals surface area contributed by atoms with Gasteiger partial charge in [-0.2, -0.15) is 5.26 Å². The van der Waals surface area contributed by atoms with E-state index in [2.05, 4.69) is 5.32 Å². The Morgan fingerprint density at radius 1 is 1.11 bits per heavy atom. The lowest BCUT2D eigenvalue weighted by Crippen LogP contribution is -2.29. The Morgan fingerprint density at radius 2 is 1.79 bits per heavy atom. The van der Waals surface area contributed by atoms with Crippen LogP contribution in [0.5, 0.6) is 0 Å². The van der Waals surface area contributed by atoms with Gasteiger partial charge in [-0.25, -0.2) is 4.79 Å². The summed E-state index contributed by atoms with van der Waals surface area (Å²) in [7, 11) is 0. The minimum atomic E-state index is -0.521. The maximum Gasteiger partial charge on any atom is 0.336 e. The first-order valence-corrected chi connectivity index (χ1v) is 9.08. The average molecular weight is 370 g/mol. The zero-order valence-corrected chi connectivity index (χ0v) is 15.4. The summed E-state index contributed by atoms with van der Waals surface area (Å²) in [6.45, 7) is 1.83. The lowest BCUT2D eigenvalue weighted by atomic mass is 9.80. The van der Waals surface area contributed by atoms with Gasteiger partial charge in [0.25, 0.3) is 0 Å². The molecule has 2 aromatic carbocycles. The Hall–Kier alpha value is -3.65. The second-order valence-corrected chi connectivity index (χ2v) is 6.71. The number of hydrogen-bond acceptors (Lipinski definition) is 5. The SMILES string of the molecule is CC1=C(C(=O)OCCC#N)C(c2ccccc2)C2=C(N1)c1ccccc1C2=O. The molecule has 0 saturated carbocycles. The number of carbonyl (C=O) groups excluding carboxylic acids is 2. The number of carbonyl (C=O) groups is 2. The Labute approximate surface area is 162 Å². The first-order chi connectivity index (χ1) is 13.6. The fourth-order valence-corrected chi connectivity index (χ4v) is 3.85. The lowest BCUT2D eigenvalue weighted by Gasteiger charge is -2.29. The van der Waals surface area contributed by atoms with Crippen LogP contribution in [0.4, 0.5) is 0 Å². The summed E-state index contributed by atoms with van der Waals surface area (Å²) in [5.41, 5.74) is 4.70. The van der Waals surface area contributed by atoms with Crippen molar-refractivity contribution < 1.29 is 14.3 Å². The van der Waals surface area contributed by atoms with Gasteiger partial charge in [-0.3, -0.25) is 4.79 Å². The number of ketones is 1. The van der Waals surface area contributed by atoms with Crippen LogP contribution in [0.25, 0.3) is 5.70 Å². The predicted octanol–water partition coefficient (Wildman–Crippen LogP) is 3.71. The van der Waals surface area contributed by atoms with Gasteiger partial charge in [-0.1, -0.05) is 54.6 Å². The highest BCUT2D eigenvalue weighted by Crippen LogP contribution is 2.46. The molecule has 0 aromatic heterocycles. The molecule has 1 aliphatic carbocycles. The molecule has 4 rings (SSSR count). The van der Waals surface area contributed by atoms with E-state index in [1.165, 1.54) is 0 Å². The maximum absolute atomic E-state index is 13.2. The van der Waals surface area contributed by atoms with Crippen LogP contribution in [-0.2, 0) is 9.53 Å². The van der Waals surface area contributed by atoms with Crippen LogP contribution in [0.3, 0.4) is 0 Å². The number of esters is 1. The van der Waals surface area contributed by atoms with Crippen molar-refractivity contribution >= 4 is 17.4 Å². The van der Waals surface area contributed by atoms with Gasteiger partial charge in [0.05, 0.1) is 23.8 Å². The van der Waals surface area contributed by atoms with Crippen LogP contribution < -0.4 is 5.32 Å². The summed E-state index contributed by atoms with van der Waals surface area (Å²) in [6, 6.07) is 18.9. The van der Waals surface area contributed by atoms with Crippen molar-refractivity contribution in [1.29, 1.82) is 5.26 Å². The number of benzene rings is 2. The second-order valence-electron chi connectivity index (χ2n) is 6.71. The summed E-state index contributed by atoms with van der Waals surface area (Å²) in [5, 5.41) is 12.0. The van der Waals surface area contributed by atoms with E-state index in [0.717, 1.165) is 16.8 Å². The molecule has 0 spiro atoms. The zero-order chi connectivity index (χ0) is 19.7. The number of nitrogens with zero attached hydrogens (tertiary/aromatic N) is 1. The van der Waals surface area contributed by atoms with Gasteiger partial charge in [0.2, 0.25) is 0 Å². The summed E-state index contributed by atoms with van der Waals surface area (Å²) >= 11 is 0. The lowest BCUT2D eigenvalue weighted by molar-refractivity contribution is -0.139. The van der Waals surface area contributed by atoms with Crippen molar-refractivity contribution in [2.24, 2.45) is 0 Å². The number of Topliss-reactive ketones (excluding diaryl/α,β-unsaturated/α-hetero) is 1. The maximum atomic E-state index is 13.2. The normalized spacial score (nSPS) is 17.6. The number of nitrogens with one attached hydrogen (secondary N) is 1. The second kappa shape index (κ2) is 7.16. The Bertz CT molecular complexity index is 1070. The van der Waals surface area contributed by atoms with Gasteiger partial charge in [0, 0.05) is 28.3 Å². The molecule has 2 aromatic rings. The topological polar surface area (TPSA) is 79.2 Å². The van der Waals surface area contributed by atoms with Crippen LogP contribution in [0, 0.1) is 11.3 Å². The van der Waals surface area contributed by atoms with Crippen LogP contribution >= 0.6 is 0 Å². The smallest absolute Gasteiger partial charge is 0.336 e. The van der Waals surface area contributed by atoms with E-state index < -0.39 is 11.9 Å². The monoisotopic (exact) mass is 370 g/mol. The molecule has 0 fully saturated rings. The van der Waals surface area contributed by atoms with Gasteiger partial charge in [-0.05, 0) is 12.5 Å². The molecule has 1 heterocycles. The molecule has 0 saturated heterocycles. The summed E-state index contributed by atoms with van der Waals surface area (Å²) in [4.78, 5) is 26.1. The Kier molecular flexibility index (Phi) is 4.54. The molecule has 138 valence electrons. The van der Waals surface area contributed by atoms with Crippen molar-refractivity contribution in [3.05, 3.63) is 88.1 Å². The van der Waals surface area contributed by atoms with E-state index in [1.807, 2.05) is 61.5 Å². The van der Waals surface area contributed by atoms with Gasteiger partial charge >= 0.3 is 5.97 Å². The molecule has 1 unspecified atom stereocenters. The highest BCUT2D eigenvalue weighted by atomic mass is 16.5. The standard InChI is InChI=1S/C23H18N2O3/c1-14-18(23(27)28-13-7-12-24)19(15-8-3-2-4-9-15)20-21(25-14)16-10-5-6-11-17(16)22(20)26/h2-6,8-11,19,25H,7,13H2,1H3. The molecule has 1 aliphatic heterocycles. The number of dihydropyridines is 1. The zero-order valence-electron chi connectivity index (χ0n) is 15.4. The first-order valence-electron chi connectivity index (χ1n) is 9.08. The van der Waals surface area contributed by atoms with Crippen LogP contribution in [-0.4, -0.2) is 18.4 Å². The first kappa shape index (κ1) is 17.7. The molecule has 0 amide bonds. The molecule has 5 nitrogen and oxygen atoms in total. The van der Waals surface area contributed by atoms with E-state index in [9.17, 15) is 9.59 Å². The number of rotatable bonds is 4. The molecule has 0 radical (unpaired) electrons. The van der Waals surface area contributed by atoms with E-state index in [1.54, 1.807) is 6.07 Å². The van der Waals surface area contributed by atoms with E-state index in [4.69, 9.17) is 10.00 Å². The van der Waals surface area contributed by atoms with Gasteiger partial charge < -0.3 is 10.1 Å². The van der Waals surface area contributed by atoms with E-state index in [0.29, 0.717) is 22.4 Å². The van der Waals surface area contributed by atoms with Crippen molar-refractivity contribution in [1.82, 2.24) is 5.32 Å². The quantitative estimate of drug-likeness (QED) is 0.656. The van der Waals surface area contributed by atoms with E-state index in [-0.39, 0.29) is 18.8 Å². The molecule has 28 heavy (non-hydrogen) atoms.